The highest BCUT2D eigenvalue weighted by molar-refractivity contribution is 9.10. The minimum atomic E-state index is -0.0360. The molecule has 0 nitrogen and oxygen atoms in total. The summed E-state index contributed by atoms with van der Waals surface area (Å²) in [7, 11) is 0. The molecule has 0 saturated heterocycles. The first-order chi connectivity index (χ1) is 10.8. The molecule has 24 heavy (non-hydrogen) atoms. The second-order valence-corrected chi connectivity index (χ2v) is 10.3. The largest absolute Gasteiger partial charge is 0.0582 e. The summed E-state index contributed by atoms with van der Waals surface area (Å²) in [5.41, 5.74) is 5.74. The molecule has 0 aliphatic rings. The molecule has 2 aromatic rings. The Morgan fingerprint density at radius 2 is 1.00 bits per heavy atom. The van der Waals surface area contributed by atoms with E-state index in [1.165, 1.54) is 26.7 Å². The molecule has 2 aromatic carbocycles. The van der Waals surface area contributed by atoms with Gasteiger partial charge in [-0.25, -0.2) is 0 Å². The SMILES string of the molecule is CC(C)(C)c1ccc(C(C)(C)c2ccc(C(C)(C)C)cc2Br)cc1. The van der Waals surface area contributed by atoms with Crippen molar-refractivity contribution in [3.63, 3.8) is 0 Å². The number of rotatable bonds is 2. The maximum Gasteiger partial charge on any atom is 0.0219 e. The molecule has 0 radical (unpaired) electrons. The van der Waals surface area contributed by atoms with Crippen LogP contribution in [0.4, 0.5) is 0 Å². The van der Waals surface area contributed by atoms with Crippen molar-refractivity contribution in [1.29, 1.82) is 0 Å². The summed E-state index contributed by atoms with van der Waals surface area (Å²) in [6.45, 7) is 18.1. The molecule has 0 unspecified atom stereocenters. The minimum absolute atomic E-state index is 0.0360. The molecular formula is C23H31Br. The van der Waals surface area contributed by atoms with E-state index < -0.39 is 0 Å². The molecule has 0 saturated carbocycles. The van der Waals surface area contributed by atoms with Gasteiger partial charge >= 0.3 is 0 Å². The molecule has 0 bridgehead atoms. The molecular weight excluding hydrogens is 356 g/mol. The van der Waals surface area contributed by atoms with Gasteiger partial charge in [0.15, 0.2) is 0 Å². The highest BCUT2D eigenvalue weighted by Crippen LogP contribution is 2.38. The molecule has 1 heteroatoms. The van der Waals surface area contributed by atoms with Crippen molar-refractivity contribution in [3.05, 3.63) is 69.2 Å². The van der Waals surface area contributed by atoms with Crippen LogP contribution in [0.3, 0.4) is 0 Å². The normalized spacial score (nSPS) is 13.2. The van der Waals surface area contributed by atoms with E-state index in [0.717, 1.165) is 0 Å². The standard InChI is InChI=1S/C23H31Br/c1-21(2,3)16-9-11-17(12-10-16)23(7,8)19-14-13-18(15-20(19)24)22(4,5)6/h9-15H,1-8H3. The fraction of sp³-hybridized carbons (Fsp3) is 0.478. The summed E-state index contributed by atoms with van der Waals surface area (Å²) >= 11 is 3.82. The van der Waals surface area contributed by atoms with Crippen molar-refractivity contribution >= 4 is 15.9 Å². The zero-order valence-electron chi connectivity index (χ0n) is 16.4. The summed E-state index contributed by atoms with van der Waals surface area (Å²) in [4.78, 5) is 0. The Morgan fingerprint density at radius 1 is 0.583 bits per heavy atom. The summed E-state index contributed by atoms with van der Waals surface area (Å²) in [6.07, 6.45) is 0. The van der Waals surface area contributed by atoms with E-state index in [4.69, 9.17) is 0 Å². The molecule has 2 rings (SSSR count). The van der Waals surface area contributed by atoms with Gasteiger partial charge in [0.2, 0.25) is 0 Å². The van der Waals surface area contributed by atoms with Crippen molar-refractivity contribution in [2.75, 3.05) is 0 Å². The maximum absolute atomic E-state index is 3.82. The first-order valence-electron chi connectivity index (χ1n) is 8.75. The monoisotopic (exact) mass is 386 g/mol. The van der Waals surface area contributed by atoms with Crippen molar-refractivity contribution < 1.29 is 0 Å². The Hall–Kier alpha value is -1.08. The third kappa shape index (κ3) is 3.94. The van der Waals surface area contributed by atoms with Gasteiger partial charge in [0.1, 0.15) is 0 Å². The molecule has 0 aliphatic carbocycles. The van der Waals surface area contributed by atoms with Crippen LogP contribution in [0.25, 0.3) is 0 Å². The molecule has 0 aliphatic heterocycles. The van der Waals surface area contributed by atoms with E-state index >= 15 is 0 Å². The number of hydrogen-bond donors (Lipinski definition) is 0. The first kappa shape index (κ1) is 19.2. The van der Waals surface area contributed by atoms with Gasteiger partial charge in [-0.15, -0.1) is 0 Å². The van der Waals surface area contributed by atoms with Crippen LogP contribution in [-0.2, 0) is 16.2 Å². The Kier molecular flexibility index (Phi) is 5.08. The lowest BCUT2D eigenvalue weighted by Gasteiger charge is -2.30. The van der Waals surface area contributed by atoms with Gasteiger partial charge in [-0.05, 0) is 39.2 Å². The molecule has 0 fully saturated rings. The molecule has 130 valence electrons. The van der Waals surface area contributed by atoms with Gasteiger partial charge in [-0.3, -0.25) is 0 Å². The highest BCUT2D eigenvalue weighted by Gasteiger charge is 2.27. The van der Waals surface area contributed by atoms with Gasteiger partial charge in [0.25, 0.3) is 0 Å². The third-order valence-electron chi connectivity index (χ3n) is 4.98. The zero-order chi connectivity index (χ0) is 18.3. The van der Waals surface area contributed by atoms with Gasteiger partial charge in [-0.2, -0.15) is 0 Å². The van der Waals surface area contributed by atoms with Gasteiger partial charge < -0.3 is 0 Å². The molecule has 0 amide bonds. The summed E-state index contributed by atoms with van der Waals surface area (Å²) < 4.78 is 1.19. The molecule has 0 spiro atoms. The second-order valence-electron chi connectivity index (χ2n) is 9.40. The smallest absolute Gasteiger partial charge is 0.0219 e. The molecule has 0 atom stereocenters. The number of benzene rings is 2. The zero-order valence-corrected chi connectivity index (χ0v) is 18.0. The minimum Gasteiger partial charge on any atom is -0.0582 e. The molecule has 0 N–H and O–H groups in total. The Balaban J connectivity index is 2.43. The van der Waals surface area contributed by atoms with Crippen LogP contribution < -0.4 is 0 Å². The third-order valence-corrected chi connectivity index (χ3v) is 5.64. The van der Waals surface area contributed by atoms with Crippen molar-refractivity contribution in [1.82, 2.24) is 0 Å². The summed E-state index contributed by atoms with van der Waals surface area (Å²) in [5, 5.41) is 0. The van der Waals surface area contributed by atoms with E-state index in [1.807, 2.05) is 0 Å². The van der Waals surface area contributed by atoms with Crippen LogP contribution >= 0.6 is 15.9 Å². The van der Waals surface area contributed by atoms with Crippen molar-refractivity contribution in [2.45, 2.75) is 71.6 Å². The molecule has 0 heterocycles. The summed E-state index contributed by atoms with van der Waals surface area (Å²) in [6, 6.07) is 15.9. The van der Waals surface area contributed by atoms with Crippen molar-refractivity contribution in [2.24, 2.45) is 0 Å². The lowest BCUT2D eigenvalue weighted by molar-refractivity contribution is 0.583. The average molecular weight is 387 g/mol. The quantitative estimate of drug-likeness (QED) is 0.505. The Morgan fingerprint density at radius 3 is 1.42 bits per heavy atom. The van der Waals surface area contributed by atoms with Gasteiger partial charge in [0, 0.05) is 9.89 Å². The fourth-order valence-corrected chi connectivity index (χ4v) is 3.91. The number of hydrogen-bond acceptors (Lipinski definition) is 0. The lowest BCUT2D eigenvalue weighted by Crippen LogP contribution is -2.21. The predicted molar refractivity (Wildman–Crippen MR) is 110 cm³/mol. The number of halogens is 1. The fourth-order valence-electron chi connectivity index (χ4n) is 3.03. The van der Waals surface area contributed by atoms with Crippen LogP contribution in [0.1, 0.15) is 77.6 Å². The van der Waals surface area contributed by atoms with E-state index in [0.29, 0.717) is 0 Å². The van der Waals surface area contributed by atoms with E-state index in [-0.39, 0.29) is 16.2 Å². The van der Waals surface area contributed by atoms with E-state index in [1.54, 1.807) is 0 Å². The van der Waals surface area contributed by atoms with Crippen LogP contribution in [0, 0.1) is 0 Å². The van der Waals surface area contributed by atoms with E-state index in [9.17, 15) is 0 Å². The summed E-state index contributed by atoms with van der Waals surface area (Å²) in [5.74, 6) is 0. The van der Waals surface area contributed by atoms with Crippen LogP contribution in [0.2, 0.25) is 0 Å². The predicted octanol–water partition coefficient (Wildman–Crippen LogP) is 7.37. The lowest BCUT2D eigenvalue weighted by atomic mass is 9.75. The highest BCUT2D eigenvalue weighted by atomic mass is 79.9. The van der Waals surface area contributed by atoms with E-state index in [2.05, 4.69) is 114 Å². The maximum atomic E-state index is 3.82. The Bertz CT molecular complexity index is 707. The van der Waals surface area contributed by atoms with Crippen molar-refractivity contribution in [3.8, 4) is 0 Å². The van der Waals surface area contributed by atoms with Crippen LogP contribution in [0.5, 0.6) is 0 Å². The van der Waals surface area contributed by atoms with Gasteiger partial charge in [-0.1, -0.05) is 108 Å². The average Bonchev–Trinajstić information content (AvgIpc) is 2.45. The topological polar surface area (TPSA) is 0 Å². The van der Waals surface area contributed by atoms with Crippen LogP contribution in [0.15, 0.2) is 46.9 Å². The Labute approximate surface area is 156 Å². The second kappa shape index (κ2) is 6.33. The first-order valence-corrected chi connectivity index (χ1v) is 9.54. The van der Waals surface area contributed by atoms with Crippen LogP contribution in [-0.4, -0.2) is 0 Å². The van der Waals surface area contributed by atoms with Gasteiger partial charge in [0.05, 0.1) is 0 Å². The molecule has 0 aromatic heterocycles.